The molecule has 0 radical (unpaired) electrons. The van der Waals surface area contributed by atoms with Gasteiger partial charge in [0.2, 0.25) is 0 Å². The van der Waals surface area contributed by atoms with Gasteiger partial charge in [-0.15, -0.1) is 0 Å². The van der Waals surface area contributed by atoms with Crippen molar-refractivity contribution < 1.29 is 4.79 Å². The highest BCUT2D eigenvalue weighted by Crippen LogP contribution is 2.36. The van der Waals surface area contributed by atoms with Gasteiger partial charge < -0.3 is 10.2 Å². The molecule has 2 heterocycles. The number of carbonyl (C=O) groups excluding carboxylic acids is 1. The molecule has 3 rings (SSSR count). The lowest BCUT2D eigenvalue weighted by atomic mass is 10.0. The van der Waals surface area contributed by atoms with Crippen LogP contribution in [0, 0.1) is 0 Å². The fourth-order valence-electron chi connectivity index (χ4n) is 2.86. The first-order valence-corrected chi connectivity index (χ1v) is 6.62. The Bertz CT molecular complexity index is 519. The third-order valence-corrected chi connectivity index (χ3v) is 3.83. The molecule has 0 unspecified atom stereocenters. The lowest BCUT2D eigenvalue weighted by Gasteiger charge is -2.21. The zero-order valence-electron chi connectivity index (χ0n) is 10.7. The van der Waals surface area contributed by atoms with Gasteiger partial charge in [0.05, 0.1) is 5.57 Å². The Labute approximate surface area is 107 Å². The number of nitrogens with one attached hydrogen (secondary N) is 1. The number of allylic oxidation sites excluding steroid dienone is 1. The highest BCUT2D eigenvalue weighted by molar-refractivity contribution is 6.32. The first kappa shape index (κ1) is 11.3. The quantitative estimate of drug-likeness (QED) is 0.709. The Morgan fingerprint density at radius 1 is 1.17 bits per heavy atom. The van der Waals surface area contributed by atoms with Crippen molar-refractivity contribution in [2.75, 3.05) is 18.9 Å². The second-order valence-electron chi connectivity index (χ2n) is 5.05. The number of fused-ring (bicyclic) bond motifs is 1. The van der Waals surface area contributed by atoms with Crippen molar-refractivity contribution in [3.63, 3.8) is 0 Å². The molecule has 2 aliphatic rings. The van der Waals surface area contributed by atoms with Crippen molar-refractivity contribution in [2.45, 2.75) is 25.7 Å². The molecule has 18 heavy (non-hydrogen) atoms. The molecule has 1 amide bonds. The van der Waals surface area contributed by atoms with Gasteiger partial charge in [0, 0.05) is 30.5 Å². The van der Waals surface area contributed by atoms with Crippen molar-refractivity contribution in [2.24, 2.45) is 0 Å². The van der Waals surface area contributed by atoms with Crippen molar-refractivity contribution in [1.82, 2.24) is 4.90 Å². The lowest BCUT2D eigenvalue weighted by Crippen LogP contribution is -2.20. The molecular formula is C15H18N2O. The number of para-hydroxylation sites is 1. The van der Waals surface area contributed by atoms with Crippen molar-refractivity contribution in [3.05, 3.63) is 35.5 Å². The molecule has 94 valence electrons. The summed E-state index contributed by atoms with van der Waals surface area (Å²) >= 11 is 0. The van der Waals surface area contributed by atoms with Crippen LogP contribution in [0.1, 0.15) is 31.2 Å². The number of nitrogens with zero attached hydrogens (tertiary/aromatic N) is 1. The Morgan fingerprint density at radius 3 is 2.89 bits per heavy atom. The number of benzene rings is 1. The van der Waals surface area contributed by atoms with E-state index in [1.165, 1.54) is 25.0 Å². The average Bonchev–Trinajstić information content (AvgIpc) is 2.55. The summed E-state index contributed by atoms with van der Waals surface area (Å²) < 4.78 is 0. The minimum atomic E-state index is 0.0555. The van der Waals surface area contributed by atoms with Crippen LogP contribution < -0.4 is 5.32 Å². The molecule has 1 aromatic carbocycles. The Morgan fingerprint density at radius 2 is 2.00 bits per heavy atom. The van der Waals surface area contributed by atoms with Crippen molar-refractivity contribution >= 4 is 17.2 Å². The summed E-state index contributed by atoms with van der Waals surface area (Å²) in [5, 5.41) is 2.96. The smallest absolute Gasteiger partial charge is 0.258 e. The van der Waals surface area contributed by atoms with Gasteiger partial charge in [0.25, 0.3) is 5.91 Å². The van der Waals surface area contributed by atoms with Gasteiger partial charge >= 0.3 is 0 Å². The van der Waals surface area contributed by atoms with E-state index in [0.29, 0.717) is 0 Å². The number of amides is 1. The molecule has 0 aliphatic carbocycles. The number of hydrogen-bond acceptors (Lipinski definition) is 2. The molecule has 1 aromatic rings. The first-order chi connectivity index (χ1) is 8.77. The van der Waals surface area contributed by atoms with Gasteiger partial charge in [0.15, 0.2) is 0 Å². The highest BCUT2D eigenvalue weighted by Gasteiger charge is 2.28. The molecule has 0 saturated carbocycles. The minimum absolute atomic E-state index is 0.0555. The van der Waals surface area contributed by atoms with Crippen molar-refractivity contribution in [1.29, 1.82) is 0 Å². The first-order valence-electron chi connectivity index (χ1n) is 6.62. The van der Waals surface area contributed by atoms with Crippen LogP contribution in [-0.4, -0.2) is 24.4 Å². The molecule has 1 N–H and O–H groups in total. The largest absolute Gasteiger partial charge is 0.377 e. The highest BCUT2D eigenvalue weighted by atomic mass is 16.2. The standard InChI is InChI=1S/C15H18N2O/c1-17-10-6-2-3-9-13(17)14-11-7-4-5-8-12(11)16-15(14)18/h4-5,7-8H,2-3,6,9-10H2,1H3,(H,16,18)/b14-13+. The maximum absolute atomic E-state index is 12.2. The van der Waals surface area contributed by atoms with Crippen LogP contribution in [0.15, 0.2) is 30.0 Å². The van der Waals surface area contributed by atoms with E-state index in [9.17, 15) is 4.79 Å². The number of rotatable bonds is 0. The summed E-state index contributed by atoms with van der Waals surface area (Å²) in [7, 11) is 2.10. The van der Waals surface area contributed by atoms with Gasteiger partial charge in [-0.2, -0.15) is 0 Å². The van der Waals surface area contributed by atoms with Crippen LogP contribution in [0.4, 0.5) is 5.69 Å². The number of hydrogen-bond donors (Lipinski definition) is 1. The molecule has 0 spiro atoms. The van der Waals surface area contributed by atoms with E-state index < -0.39 is 0 Å². The van der Waals surface area contributed by atoms with Crippen LogP contribution >= 0.6 is 0 Å². The van der Waals surface area contributed by atoms with Crippen LogP contribution in [0.5, 0.6) is 0 Å². The van der Waals surface area contributed by atoms with Gasteiger partial charge in [-0.05, 0) is 25.3 Å². The van der Waals surface area contributed by atoms with E-state index in [0.717, 1.165) is 29.8 Å². The second kappa shape index (κ2) is 4.48. The van der Waals surface area contributed by atoms with E-state index in [-0.39, 0.29) is 5.91 Å². The maximum Gasteiger partial charge on any atom is 0.258 e. The molecule has 2 aliphatic heterocycles. The Kier molecular flexibility index (Phi) is 2.82. The zero-order valence-corrected chi connectivity index (χ0v) is 10.7. The van der Waals surface area contributed by atoms with Crippen LogP contribution in [0.3, 0.4) is 0 Å². The van der Waals surface area contributed by atoms with E-state index in [2.05, 4.69) is 17.3 Å². The van der Waals surface area contributed by atoms with E-state index in [1.54, 1.807) is 0 Å². The monoisotopic (exact) mass is 242 g/mol. The van der Waals surface area contributed by atoms with Gasteiger partial charge in [-0.25, -0.2) is 0 Å². The molecular weight excluding hydrogens is 224 g/mol. The zero-order chi connectivity index (χ0) is 12.5. The van der Waals surface area contributed by atoms with Gasteiger partial charge in [-0.3, -0.25) is 4.79 Å². The number of anilines is 1. The van der Waals surface area contributed by atoms with E-state index in [1.807, 2.05) is 24.3 Å². The summed E-state index contributed by atoms with van der Waals surface area (Å²) in [6.07, 6.45) is 4.66. The fourth-order valence-corrected chi connectivity index (χ4v) is 2.86. The van der Waals surface area contributed by atoms with Crippen LogP contribution in [-0.2, 0) is 4.79 Å². The summed E-state index contributed by atoms with van der Waals surface area (Å²) in [5.74, 6) is 0.0555. The summed E-state index contributed by atoms with van der Waals surface area (Å²) in [4.78, 5) is 14.4. The molecule has 1 fully saturated rings. The predicted octanol–water partition coefficient (Wildman–Crippen LogP) is 2.86. The second-order valence-corrected chi connectivity index (χ2v) is 5.05. The fraction of sp³-hybridized carbons (Fsp3) is 0.400. The minimum Gasteiger partial charge on any atom is -0.377 e. The van der Waals surface area contributed by atoms with E-state index in [4.69, 9.17) is 0 Å². The van der Waals surface area contributed by atoms with Gasteiger partial charge in [-0.1, -0.05) is 24.6 Å². The van der Waals surface area contributed by atoms with E-state index >= 15 is 0 Å². The summed E-state index contributed by atoms with van der Waals surface area (Å²) in [6.45, 7) is 1.05. The topological polar surface area (TPSA) is 32.3 Å². The summed E-state index contributed by atoms with van der Waals surface area (Å²) in [5.41, 5.74) is 4.10. The number of likely N-dealkylation sites (tertiary alicyclic amines) is 1. The Hall–Kier alpha value is -1.77. The number of carbonyl (C=O) groups is 1. The molecule has 0 aromatic heterocycles. The van der Waals surface area contributed by atoms with Crippen molar-refractivity contribution in [3.8, 4) is 0 Å². The maximum atomic E-state index is 12.2. The Balaban J connectivity index is 2.11. The van der Waals surface area contributed by atoms with Crippen LogP contribution in [0.2, 0.25) is 0 Å². The molecule has 0 atom stereocenters. The lowest BCUT2D eigenvalue weighted by molar-refractivity contribution is -0.110. The predicted molar refractivity (Wildman–Crippen MR) is 73.1 cm³/mol. The molecule has 1 saturated heterocycles. The third kappa shape index (κ3) is 1.80. The average molecular weight is 242 g/mol. The van der Waals surface area contributed by atoms with Gasteiger partial charge in [0.1, 0.15) is 0 Å². The molecule has 3 nitrogen and oxygen atoms in total. The molecule has 3 heteroatoms. The SMILES string of the molecule is CN1CCCCC/C1=C1\C(=O)Nc2ccccc21. The van der Waals surface area contributed by atoms with Crippen LogP contribution in [0.25, 0.3) is 5.57 Å². The molecule has 0 bridgehead atoms. The normalized spacial score (nSPS) is 23.6. The summed E-state index contributed by atoms with van der Waals surface area (Å²) in [6, 6.07) is 7.96. The third-order valence-electron chi connectivity index (χ3n) is 3.83.